The lowest BCUT2D eigenvalue weighted by atomic mass is 10.2. The molecule has 21 heavy (non-hydrogen) atoms. The van der Waals surface area contributed by atoms with Crippen molar-refractivity contribution in [3.8, 4) is 11.5 Å². The first-order valence-electron chi connectivity index (χ1n) is 6.30. The first-order chi connectivity index (χ1) is 10.1. The van der Waals surface area contributed by atoms with Crippen molar-refractivity contribution < 1.29 is 9.84 Å². The molecule has 0 aromatic heterocycles. The van der Waals surface area contributed by atoms with E-state index >= 15 is 0 Å². The number of nitrogens with zero attached hydrogens (tertiary/aromatic N) is 1. The number of hydrogen-bond acceptors (Lipinski definition) is 4. The van der Waals surface area contributed by atoms with Gasteiger partial charge in [-0.3, -0.25) is 5.43 Å². The Morgan fingerprint density at radius 2 is 2.00 bits per heavy atom. The molecule has 4 nitrogen and oxygen atoms in total. The van der Waals surface area contributed by atoms with Gasteiger partial charge in [0.25, 0.3) is 0 Å². The molecule has 0 aliphatic heterocycles. The fourth-order valence-corrected chi connectivity index (χ4v) is 1.93. The highest BCUT2D eigenvalue weighted by atomic mass is 35.5. The van der Waals surface area contributed by atoms with Crippen molar-refractivity contribution >= 4 is 35.1 Å². The van der Waals surface area contributed by atoms with Crippen molar-refractivity contribution in [3.63, 3.8) is 0 Å². The fraction of sp³-hybridized carbons (Fsp3) is 0.133. The molecular formula is C15H14Cl2N2O2. The van der Waals surface area contributed by atoms with Crippen LogP contribution in [0.1, 0.15) is 12.5 Å². The van der Waals surface area contributed by atoms with E-state index in [1.165, 1.54) is 6.21 Å². The van der Waals surface area contributed by atoms with Gasteiger partial charge in [-0.05, 0) is 37.3 Å². The van der Waals surface area contributed by atoms with Gasteiger partial charge in [0.05, 0.1) is 28.6 Å². The molecule has 2 aromatic carbocycles. The summed E-state index contributed by atoms with van der Waals surface area (Å²) >= 11 is 11.7. The number of phenols is 1. The van der Waals surface area contributed by atoms with Crippen LogP contribution in [0.5, 0.6) is 11.5 Å². The fourth-order valence-electron chi connectivity index (χ4n) is 1.63. The molecule has 0 radical (unpaired) electrons. The number of nitrogens with one attached hydrogen (secondary N) is 1. The molecule has 2 rings (SSSR count). The number of ether oxygens (including phenoxy) is 1. The van der Waals surface area contributed by atoms with Crippen molar-refractivity contribution in [2.75, 3.05) is 12.0 Å². The second kappa shape index (κ2) is 7.20. The van der Waals surface area contributed by atoms with Crippen LogP contribution in [0.3, 0.4) is 0 Å². The van der Waals surface area contributed by atoms with Crippen LogP contribution in [0.2, 0.25) is 10.0 Å². The van der Waals surface area contributed by atoms with E-state index in [-0.39, 0.29) is 5.75 Å². The number of phenolic OH excluding ortho intramolecular Hbond substituents is 1. The Hall–Kier alpha value is -1.91. The second-order valence-corrected chi connectivity index (χ2v) is 4.97. The summed E-state index contributed by atoms with van der Waals surface area (Å²) in [5.41, 5.74) is 4.09. The second-order valence-electron chi connectivity index (χ2n) is 4.15. The standard InChI is InChI=1S/C15H14Cl2N2O2/c1-2-21-12-5-3-10(15(20)8-12)9-18-19-11-4-6-13(16)14(17)7-11/h3-9,19-20H,2H2,1H3/b18-9+. The Bertz CT molecular complexity index is 660. The Morgan fingerprint density at radius 3 is 2.67 bits per heavy atom. The minimum Gasteiger partial charge on any atom is -0.507 e. The molecule has 0 spiro atoms. The maximum atomic E-state index is 9.86. The Balaban J connectivity index is 2.05. The molecule has 0 saturated carbocycles. The van der Waals surface area contributed by atoms with Crippen molar-refractivity contribution in [1.29, 1.82) is 0 Å². The van der Waals surface area contributed by atoms with Crippen molar-refractivity contribution in [3.05, 3.63) is 52.0 Å². The lowest BCUT2D eigenvalue weighted by molar-refractivity contribution is 0.337. The van der Waals surface area contributed by atoms with Crippen molar-refractivity contribution in [1.82, 2.24) is 0 Å². The van der Waals surface area contributed by atoms with Crippen molar-refractivity contribution in [2.24, 2.45) is 5.10 Å². The van der Waals surface area contributed by atoms with Gasteiger partial charge in [0.1, 0.15) is 11.5 Å². The molecule has 0 bridgehead atoms. The van der Waals surface area contributed by atoms with E-state index in [0.717, 1.165) is 0 Å². The van der Waals surface area contributed by atoms with E-state index in [9.17, 15) is 5.11 Å². The monoisotopic (exact) mass is 324 g/mol. The zero-order chi connectivity index (χ0) is 15.2. The van der Waals surface area contributed by atoms with Crippen LogP contribution in [0.15, 0.2) is 41.5 Å². The molecule has 2 aromatic rings. The van der Waals surface area contributed by atoms with E-state index in [1.54, 1.807) is 36.4 Å². The van der Waals surface area contributed by atoms with E-state index in [0.29, 0.717) is 33.7 Å². The molecule has 0 unspecified atom stereocenters. The average molecular weight is 325 g/mol. The van der Waals surface area contributed by atoms with E-state index in [2.05, 4.69) is 10.5 Å². The van der Waals surface area contributed by atoms with Crippen LogP contribution in [0, 0.1) is 0 Å². The molecule has 0 aliphatic carbocycles. The highest BCUT2D eigenvalue weighted by Gasteiger charge is 2.01. The van der Waals surface area contributed by atoms with Gasteiger partial charge in [0.2, 0.25) is 0 Å². The van der Waals surface area contributed by atoms with Crippen molar-refractivity contribution in [2.45, 2.75) is 6.92 Å². The maximum Gasteiger partial charge on any atom is 0.128 e. The van der Waals surface area contributed by atoms with Crippen LogP contribution in [0.25, 0.3) is 0 Å². The van der Waals surface area contributed by atoms with Gasteiger partial charge in [-0.1, -0.05) is 23.2 Å². The van der Waals surface area contributed by atoms with Gasteiger partial charge in [-0.25, -0.2) is 0 Å². The smallest absolute Gasteiger partial charge is 0.128 e. The highest BCUT2D eigenvalue weighted by Crippen LogP contribution is 2.25. The van der Waals surface area contributed by atoms with Crippen LogP contribution < -0.4 is 10.2 Å². The van der Waals surface area contributed by atoms with Crippen LogP contribution in [0.4, 0.5) is 5.69 Å². The first kappa shape index (κ1) is 15.5. The largest absolute Gasteiger partial charge is 0.507 e. The van der Waals surface area contributed by atoms with Crippen LogP contribution in [-0.2, 0) is 0 Å². The maximum absolute atomic E-state index is 9.86. The molecule has 0 fully saturated rings. The number of anilines is 1. The summed E-state index contributed by atoms with van der Waals surface area (Å²) in [5, 5.41) is 14.8. The molecule has 0 atom stereocenters. The minimum atomic E-state index is 0.0978. The number of rotatable bonds is 5. The van der Waals surface area contributed by atoms with Gasteiger partial charge in [-0.2, -0.15) is 5.10 Å². The first-order valence-corrected chi connectivity index (χ1v) is 7.05. The molecule has 110 valence electrons. The summed E-state index contributed by atoms with van der Waals surface area (Å²) in [6, 6.07) is 10.1. The summed E-state index contributed by atoms with van der Waals surface area (Å²) < 4.78 is 5.29. The number of halogens is 2. The molecule has 0 aliphatic rings. The predicted octanol–water partition coefficient (Wildman–Crippen LogP) is 4.54. The number of benzene rings is 2. The third-order valence-electron chi connectivity index (χ3n) is 2.63. The topological polar surface area (TPSA) is 53.8 Å². The van der Waals surface area contributed by atoms with Gasteiger partial charge < -0.3 is 9.84 Å². The van der Waals surface area contributed by atoms with Crippen LogP contribution >= 0.6 is 23.2 Å². The molecule has 0 saturated heterocycles. The quantitative estimate of drug-likeness (QED) is 0.627. The summed E-state index contributed by atoms with van der Waals surface area (Å²) in [6.07, 6.45) is 1.51. The average Bonchev–Trinajstić information content (AvgIpc) is 2.45. The predicted molar refractivity (Wildman–Crippen MR) is 87.0 cm³/mol. The molecule has 0 heterocycles. The molecule has 2 N–H and O–H groups in total. The zero-order valence-corrected chi connectivity index (χ0v) is 12.8. The Kier molecular flexibility index (Phi) is 5.31. The van der Waals surface area contributed by atoms with E-state index in [4.69, 9.17) is 27.9 Å². The number of aromatic hydroxyl groups is 1. The zero-order valence-electron chi connectivity index (χ0n) is 11.3. The SMILES string of the molecule is CCOc1ccc(/C=N/Nc2ccc(Cl)c(Cl)c2)c(O)c1. The van der Waals surface area contributed by atoms with E-state index < -0.39 is 0 Å². The van der Waals surface area contributed by atoms with Crippen LogP contribution in [-0.4, -0.2) is 17.9 Å². The van der Waals surface area contributed by atoms with Gasteiger partial charge >= 0.3 is 0 Å². The number of hydrogen-bond donors (Lipinski definition) is 2. The highest BCUT2D eigenvalue weighted by molar-refractivity contribution is 6.42. The summed E-state index contributed by atoms with van der Waals surface area (Å²) in [7, 11) is 0. The number of hydrazone groups is 1. The Morgan fingerprint density at radius 1 is 1.19 bits per heavy atom. The van der Waals surface area contributed by atoms with Gasteiger partial charge in [0.15, 0.2) is 0 Å². The summed E-state index contributed by atoms with van der Waals surface area (Å²) in [6.45, 7) is 2.43. The van der Waals surface area contributed by atoms with Gasteiger partial charge in [0, 0.05) is 11.6 Å². The summed E-state index contributed by atoms with van der Waals surface area (Å²) in [5.74, 6) is 0.713. The normalized spacial score (nSPS) is 10.8. The lowest BCUT2D eigenvalue weighted by Crippen LogP contribution is -1.93. The molecule has 6 heteroatoms. The summed E-state index contributed by atoms with van der Waals surface area (Å²) in [4.78, 5) is 0. The van der Waals surface area contributed by atoms with Gasteiger partial charge in [-0.15, -0.1) is 0 Å². The molecule has 0 amide bonds. The third-order valence-corrected chi connectivity index (χ3v) is 3.37. The lowest BCUT2D eigenvalue weighted by Gasteiger charge is -2.05. The molecular weight excluding hydrogens is 311 g/mol. The Labute approximate surface area is 133 Å². The third kappa shape index (κ3) is 4.28. The minimum absolute atomic E-state index is 0.0978. The van der Waals surface area contributed by atoms with E-state index in [1.807, 2.05) is 6.92 Å².